The number of ether oxygens (including phenoxy) is 2. The maximum Gasteiger partial charge on any atom is 0.407 e. The first-order valence-corrected chi connectivity index (χ1v) is 8.55. The van der Waals surface area contributed by atoms with E-state index in [1.54, 1.807) is 20.8 Å². The van der Waals surface area contributed by atoms with E-state index in [9.17, 15) is 9.59 Å². The van der Waals surface area contributed by atoms with Gasteiger partial charge < -0.3 is 20.5 Å². The average Bonchev–Trinajstić information content (AvgIpc) is 2.42. The highest BCUT2D eigenvalue weighted by Gasteiger charge is 2.20. The van der Waals surface area contributed by atoms with Gasteiger partial charge in [0.15, 0.2) is 0 Å². The van der Waals surface area contributed by atoms with Crippen LogP contribution in [0, 0.1) is 0 Å². The molecule has 1 atom stereocenters. The lowest BCUT2D eigenvalue weighted by atomic mass is 10.1. The number of benzene rings is 1. The summed E-state index contributed by atoms with van der Waals surface area (Å²) >= 11 is 3.40. The van der Waals surface area contributed by atoms with Gasteiger partial charge in [0.2, 0.25) is 5.91 Å². The van der Waals surface area contributed by atoms with Crippen molar-refractivity contribution in [3.8, 4) is 0 Å². The van der Waals surface area contributed by atoms with Crippen LogP contribution in [0.4, 0.5) is 4.79 Å². The predicted octanol–water partition coefficient (Wildman–Crippen LogP) is 3.12. The van der Waals surface area contributed by atoms with Gasteiger partial charge in [0.1, 0.15) is 5.60 Å². The highest BCUT2D eigenvalue weighted by molar-refractivity contribution is 9.10. The van der Waals surface area contributed by atoms with Crippen LogP contribution in [0.25, 0.3) is 0 Å². The summed E-state index contributed by atoms with van der Waals surface area (Å²) in [5, 5.41) is 2.72. The second kappa shape index (κ2) is 9.64. The van der Waals surface area contributed by atoms with E-state index in [0.29, 0.717) is 13.0 Å². The van der Waals surface area contributed by atoms with Gasteiger partial charge in [-0.25, -0.2) is 4.79 Å². The molecule has 0 aliphatic carbocycles. The Labute approximate surface area is 151 Å². The molecule has 0 spiro atoms. The third-order valence-corrected chi connectivity index (χ3v) is 3.43. The SMILES string of the molecule is CC(C)(C)OC(=O)NC(CCC(N)=O)COCc1cccc(Br)c1. The average molecular weight is 401 g/mol. The molecule has 6 nitrogen and oxygen atoms in total. The second-order valence-electron chi connectivity index (χ2n) is 6.49. The van der Waals surface area contributed by atoms with Gasteiger partial charge in [-0.3, -0.25) is 4.79 Å². The monoisotopic (exact) mass is 400 g/mol. The molecular weight excluding hydrogens is 376 g/mol. The predicted molar refractivity (Wildman–Crippen MR) is 95.4 cm³/mol. The lowest BCUT2D eigenvalue weighted by Gasteiger charge is -2.23. The van der Waals surface area contributed by atoms with E-state index >= 15 is 0 Å². The molecule has 24 heavy (non-hydrogen) atoms. The number of carbonyl (C=O) groups excluding carboxylic acids is 2. The van der Waals surface area contributed by atoms with Gasteiger partial charge in [-0.2, -0.15) is 0 Å². The number of hydrogen-bond donors (Lipinski definition) is 2. The molecule has 2 amide bonds. The zero-order valence-corrected chi connectivity index (χ0v) is 15.9. The van der Waals surface area contributed by atoms with Crippen molar-refractivity contribution >= 4 is 27.9 Å². The molecule has 0 fully saturated rings. The number of rotatable bonds is 8. The lowest BCUT2D eigenvalue weighted by Crippen LogP contribution is -2.42. The Bertz CT molecular complexity index is 558. The Hall–Kier alpha value is -1.60. The highest BCUT2D eigenvalue weighted by atomic mass is 79.9. The Kier molecular flexibility index (Phi) is 8.21. The molecule has 0 saturated heterocycles. The first kappa shape index (κ1) is 20.4. The van der Waals surface area contributed by atoms with E-state index in [1.807, 2.05) is 24.3 Å². The minimum absolute atomic E-state index is 0.167. The maximum atomic E-state index is 11.9. The molecule has 3 N–H and O–H groups in total. The molecule has 7 heteroatoms. The Morgan fingerprint density at radius 3 is 2.62 bits per heavy atom. The number of hydrogen-bond acceptors (Lipinski definition) is 4. The van der Waals surface area contributed by atoms with Crippen LogP contribution in [0.1, 0.15) is 39.2 Å². The Balaban J connectivity index is 2.51. The lowest BCUT2D eigenvalue weighted by molar-refractivity contribution is -0.118. The summed E-state index contributed by atoms with van der Waals surface area (Å²) in [6.07, 6.45) is 0.0244. The molecule has 134 valence electrons. The van der Waals surface area contributed by atoms with Crippen LogP contribution in [0.5, 0.6) is 0 Å². The molecular formula is C17H25BrN2O4. The van der Waals surface area contributed by atoms with Crippen LogP contribution in [0.2, 0.25) is 0 Å². The molecule has 0 aliphatic rings. The summed E-state index contributed by atoms with van der Waals surface area (Å²) in [6, 6.07) is 7.42. The third kappa shape index (κ3) is 9.52. The summed E-state index contributed by atoms with van der Waals surface area (Å²) < 4.78 is 11.9. The van der Waals surface area contributed by atoms with Crippen LogP contribution in [0.3, 0.4) is 0 Å². The normalized spacial score (nSPS) is 12.5. The molecule has 0 saturated carbocycles. The number of nitrogens with two attached hydrogens (primary N) is 1. The Morgan fingerprint density at radius 2 is 2.04 bits per heavy atom. The topological polar surface area (TPSA) is 90.6 Å². The largest absolute Gasteiger partial charge is 0.444 e. The summed E-state index contributed by atoms with van der Waals surface area (Å²) in [6.45, 7) is 6.03. The van der Waals surface area contributed by atoms with Gasteiger partial charge in [-0.05, 0) is 44.9 Å². The molecule has 1 aromatic rings. The quantitative estimate of drug-likeness (QED) is 0.700. The maximum absolute atomic E-state index is 11.9. The molecule has 0 aliphatic heterocycles. The van der Waals surface area contributed by atoms with Gasteiger partial charge in [-0.1, -0.05) is 28.1 Å². The number of nitrogens with one attached hydrogen (secondary N) is 1. The number of halogens is 1. The minimum atomic E-state index is -0.588. The molecule has 0 radical (unpaired) electrons. The highest BCUT2D eigenvalue weighted by Crippen LogP contribution is 2.13. The number of alkyl carbamates (subject to hydrolysis) is 1. The molecule has 0 aromatic heterocycles. The summed E-state index contributed by atoms with van der Waals surface area (Å²) in [4.78, 5) is 22.9. The third-order valence-electron chi connectivity index (χ3n) is 2.94. The van der Waals surface area contributed by atoms with Crippen molar-refractivity contribution in [1.82, 2.24) is 5.32 Å². The fourth-order valence-corrected chi connectivity index (χ4v) is 2.38. The van der Waals surface area contributed by atoms with Crippen molar-refractivity contribution in [2.75, 3.05) is 6.61 Å². The first-order valence-electron chi connectivity index (χ1n) is 7.76. The van der Waals surface area contributed by atoms with Crippen LogP contribution >= 0.6 is 15.9 Å². The zero-order valence-electron chi connectivity index (χ0n) is 14.3. The Morgan fingerprint density at radius 1 is 1.33 bits per heavy atom. The van der Waals surface area contributed by atoms with E-state index in [0.717, 1.165) is 10.0 Å². The molecule has 1 aromatic carbocycles. The number of carbonyl (C=O) groups is 2. The molecule has 0 bridgehead atoms. The van der Waals surface area contributed by atoms with Gasteiger partial charge in [0.05, 0.1) is 19.3 Å². The van der Waals surface area contributed by atoms with E-state index in [1.165, 1.54) is 0 Å². The van der Waals surface area contributed by atoms with Crippen molar-refractivity contribution in [3.05, 3.63) is 34.3 Å². The number of amides is 2. The van der Waals surface area contributed by atoms with Crippen molar-refractivity contribution in [2.24, 2.45) is 5.73 Å². The van der Waals surface area contributed by atoms with Crippen LogP contribution < -0.4 is 11.1 Å². The summed E-state index contributed by atoms with van der Waals surface area (Å²) in [5.74, 6) is -0.419. The van der Waals surface area contributed by atoms with Crippen molar-refractivity contribution in [2.45, 2.75) is 51.9 Å². The van der Waals surface area contributed by atoms with E-state index in [-0.39, 0.29) is 19.1 Å². The summed E-state index contributed by atoms with van der Waals surface area (Å²) in [5.41, 5.74) is 5.60. The van der Waals surface area contributed by atoms with Crippen LogP contribution in [-0.2, 0) is 20.9 Å². The fraction of sp³-hybridized carbons (Fsp3) is 0.529. The smallest absolute Gasteiger partial charge is 0.407 e. The van der Waals surface area contributed by atoms with Gasteiger partial charge in [0.25, 0.3) is 0 Å². The standard InChI is InChI=1S/C17H25BrN2O4/c1-17(2,3)24-16(22)20-14(7-8-15(19)21)11-23-10-12-5-4-6-13(18)9-12/h4-6,9,14H,7-8,10-11H2,1-3H3,(H2,19,21)(H,20,22). The first-order chi connectivity index (χ1) is 11.2. The fourth-order valence-electron chi connectivity index (χ4n) is 1.93. The minimum Gasteiger partial charge on any atom is -0.444 e. The van der Waals surface area contributed by atoms with Crippen LogP contribution in [-0.4, -0.2) is 30.3 Å². The van der Waals surface area contributed by atoms with Gasteiger partial charge in [0, 0.05) is 10.9 Å². The van der Waals surface area contributed by atoms with E-state index in [4.69, 9.17) is 15.2 Å². The number of primary amides is 1. The zero-order chi connectivity index (χ0) is 18.2. The molecule has 1 unspecified atom stereocenters. The molecule has 1 rings (SSSR count). The van der Waals surface area contributed by atoms with Crippen molar-refractivity contribution in [1.29, 1.82) is 0 Å². The molecule has 0 heterocycles. The second-order valence-corrected chi connectivity index (χ2v) is 7.41. The summed E-state index contributed by atoms with van der Waals surface area (Å²) in [7, 11) is 0. The van der Waals surface area contributed by atoms with E-state index < -0.39 is 17.6 Å². The van der Waals surface area contributed by atoms with E-state index in [2.05, 4.69) is 21.2 Å². The van der Waals surface area contributed by atoms with Gasteiger partial charge in [-0.15, -0.1) is 0 Å². The van der Waals surface area contributed by atoms with Gasteiger partial charge >= 0.3 is 6.09 Å². The van der Waals surface area contributed by atoms with Crippen LogP contribution in [0.15, 0.2) is 28.7 Å². The van der Waals surface area contributed by atoms with Crippen molar-refractivity contribution in [3.63, 3.8) is 0 Å². The van der Waals surface area contributed by atoms with Crippen molar-refractivity contribution < 1.29 is 19.1 Å².